The van der Waals surface area contributed by atoms with Crippen molar-refractivity contribution in [2.45, 2.75) is 104 Å². The molecular weight excluding hydrogens is 367 g/mol. The SMILES string of the molecule is CCC(CC)(CCO)CCCCOCCCCC(CC)(CC)OP(=O)(O)O. The smallest absolute Gasteiger partial charge is 0.396 e. The van der Waals surface area contributed by atoms with Crippen molar-refractivity contribution in [3.63, 3.8) is 0 Å². The summed E-state index contributed by atoms with van der Waals surface area (Å²) < 4.78 is 22.0. The predicted molar refractivity (Wildman–Crippen MR) is 110 cm³/mol. The maximum Gasteiger partial charge on any atom is 0.470 e. The third-order valence-corrected chi connectivity index (χ3v) is 6.79. The fourth-order valence-corrected chi connectivity index (χ4v) is 4.66. The average molecular weight is 411 g/mol. The number of hydrogen-bond acceptors (Lipinski definition) is 4. The van der Waals surface area contributed by atoms with E-state index in [1.54, 1.807) is 0 Å². The second-order valence-corrected chi connectivity index (χ2v) is 8.84. The first-order chi connectivity index (χ1) is 12.7. The number of ether oxygens (including phenoxy) is 1. The van der Waals surface area contributed by atoms with Gasteiger partial charge in [0.25, 0.3) is 0 Å². The lowest BCUT2D eigenvalue weighted by Crippen LogP contribution is -2.30. The van der Waals surface area contributed by atoms with Crippen molar-refractivity contribution in [3.05, 3.63) is 0 Å². The van der Waals surface area contributed by atoms with E-state index >= 15 is 0 Å². The number of unbranched alkanes of at least 4 members (excludes halogenated alkanes) is 2. The molecule has 27 heavy (non-hydrogen) atoms. The molecule has 0 saturated carbocycles. The molecule has 0 aliphatic carbocycles. The number of aliphatic hydroxyl groups excluding tert-OH is 1. The van der Waals surface area contributed by atoms with Gasteiger partial charge >= 0.3 is 7.82 Å². The van der Waals surface area contributed by atoms with Crippen LogP contribution in [0.2, 0.25) is 0 Å². The standard InChI is InChI=1S/C20H43O6P/c1-5-19(6-2,15-16-21)13-9-11-17-25-18-12-10-14-20(7-3,8-4)26-27(22,23)24/h21H,5-18H2,1-4H3,(H2,22,23,24). The first-order valence-corrected chi connectivity index (χ1v) is 12.2. The first kappa shape index (κ1) is 27.0. The minimum atomic E-state index is -4.47. The van der Waals surface area contributed by atoms with Crippen LogP contribution in [0.3, 0.4) is 0 Å². The first-order valence-electron chi connectivity index (χ1n) is 10.7. The van der Waals surface area contributed by atoms with Crippen molar-refractivity contribution in [1.82, 2.24) is 0 Å². The van der Waals surface area contributed by atoms with Crippen LogP contribution in [0.5, 0.6) is 0 Å². The summed E-state index contributed by atoms with van der Waals surface area (Å²) in [5, 5.41) is 9.27. The second-order valence-electron chi connectivity index (χ2n) is 7.68. The van der Waals surface area contributed by atoms with Crippen molar-refractivity contribution in [2.75, 3.05) is 19.8 Å². The van der Waals surface area contributed by atoms with Crippen molar-refractivity contribution in [2.24, 2.45) is 5.41 Å². The summed E-state index contributed by atoms with van der Waals surface area (Å²) in [5.41, 5.74) is -0.466. The van der Waals surface area contributed by atoms with E-state index in [1.807, 2.05) is 13.8 Å². The zero-order valence-corrected chi connectivity index (χ0v) is 18.8. The van der Waals surface area contributed by atoms with E-state index in [4.69, 9.17) is 19.0 Å². The molecule has 0 rings (SSSR count). The maximum absolute atomic E-state index is 11.2. The van der Waals surface area contributed by atoms with Crippen molar-refractivity contribution in [3.8, 4) is 0 Å². The van der Waals surface area contributed by atoms with Gasteiger partial charge in [-0.15, -0.1) is 0 Å². The summed E-state index contributed by atoms with van der Waals surface area (Å²) in [6, 6.07) is 0. The summed E-state index contributed by atoms with van der Waals surface area (Å²) in [4.78, 5) is 18.2. The Hall–Kier alpha value is 0.0300. The Kier molecular flexibility index (Phi) is 14.1. The van der Waals surface area contributed by atoms with Crippen LogP contribution in [-0.2, 0) is 13.8 Å². The summed E-state index contributed by atoms with van der Waals surface area (Å²) in [6.07, 6.45) is 9.88. The van der Waals surface area contributed by atoms with E-state index in [-0.39, 0.29) is 12.0 Å². The molecule has 0 aliphatic heterocycles. The number of aliphatic hydroxyl groups is 1. The van der Waals surface area contributed by atoms with E-state index < -0.39 is 13.4 Å². The van der Waals surface area contributed by atoms with Crippen molar-refractivity contribution >= 4 is 7.82 Å². The summed E-state index contributed by atoms with van der Waals surface area (Å²) in [7, 11) is -4.47. The molecule has 0 spiro atoms. The molecule has 0 heterocycles. The van der Waals surface area contributed by atoms with Gasteiger partial charge in [-0.3, -0.25) is 4.52 Å². The Morgan fingerprint density at radius 1 is 0.778 bits per heavy atom. The molecule has 6 nitrogen and oxygen atoms in total. The van der Waals surface area contributed by atoms with Crippen molar-refractivity contribution in [1.29, 1.82) is 0 Å². The number of hydrogen-bond donors (Lipinski definition) is 3. The van der Waals surface area contributed by atoms with E-state index in [2.05, 4.69) is 13.8 Å². The molecule has 164 valence electrons. The van der Waals surface area contributed by atoms with Crippen molar-refractivity contribution < 1.29 is 28.7 Å². The largest absolute Gasteiger partial charge is 0.470 e. The summed E-state index contributed by atoms with van der Waals surface area (Å²) in [5.74, 6) is 0. The molecule has 3 N–H and O–H groups in total. The van der Waals surface area contributed by atoms with Gasteiger partial charge < -0.3 is 19.6 Å². The van der Waals surface area contributed by atoms with Gasteiger partial charge in [-0.2, -0.15) is 0 Å². The molecule has 0 atom stereocenters. The maximum atomic E-state index is 11.2. The van der Waals surface area contributed by atoms with Crippen LogP contribution in [0, 0.1) is 5.41 Å². The molecule has 0 radical (unpaired) electrons. The van der Waals surface area contributed by atoms with Gasteiger partial charge in [-0.25, -0.2) is 4.57 Å². The fourth-order valence-electron chi connectivity index (χ4n) is 3.81. The van der Waals surface area contributed by atoms with Crippen LogP contribution in [-0.4, -0.2) is 40.3 Å². The zero-order valence-electron chi connectivity index (χ0n) is 17.9. The van der Waals surface area contributed by atoms with Crippen LogP contribution in [0.4, 0.5) is 0 Å². The Labute approximate surface area is 166 Å². The van der Waals surface area contributed by atoms with E-state index in [0.717, 1.165) is 58.0 Å². The topological polar surface area (TPSA) is 96.2 Å². The molecule has 0 amide bonds. The fraction of sp³-hybridized carbons (Fsp3) is 1.00. The quantitative estimate of drug-likeness (QED) is 0.212. The Morgan fingerprint density at radius 2 is 1.30 bits per heavy atom. The minimum Gasteiger partial charge on any atom is -0.396 e. The molecule has 0 fully saturated rings. The highest BCUT2D eigenvalue weighted by Gasteiger charge is 2.34. The lowest BCUT2D eigenvalue weighted by molar-refractivity contribution is 0.0153. The van der Waals surface area contributed by atoms with E-state index in [0.29, 0.717) is 25.9 Å². The van der Waals surface area contributed by atoms with Crippen LogP contribution in [0.1, 0.15) is 98.3 Å². The molecule has 7 heteroatoms. The van der Waals surface area contributed by atoms with Gasteiger partial charge in [0.2, 0.25) is 0 Å². The average Bonchev–Trinajstić information content (AvgIpc) is 2.63. The molecule has 0 aliphatic rings. The lowest BCUT2D eigenvalue weighted by Gasteiger charge is -2.31. The van der Waals surface area contributed by atoms with E-state index in [1.165, 1.54) is 0 Å². The summed E-state index contributed by atoms with van der Waals surface area (Å²) >= 11 is 0. The lowest BCUT2D eigenvalue weighted by atomic mass is 9.75. The Balaban J connectivity index is 3.95. The number of phosphoric ester groups is 1. The third kappa shape index (κ3) is 11.6. The van der Waals surface area contributed by atoms with Crippen LogP contribution < -0.4 is 0 Å². The molecule has 0 aromatic rings. The van der Waals surface area contributed by atoms with Crippen LogP contribution in [0.15, 0.2) is 0 Å². The highest BCUT2D eigenvalue weighted by atomic mass is 31.2. The van der Waals surface area contributed by atoms with Gasteiger partial charge in [-0.1, -0.05) is 47.0 Å². The van der Waals surface area contributed by atoms with Gasteiger partial charge in [0.15, 0.2) is 0 Å². The minimum absolute atomic E-state index is 0.265. The zero-order chi connectivity index (χ0) is 20.8. The third-order valence-electron chi connectivity index (χ3n) is 6.16. The van der Waals surface area contributed by atoms with Gasteiger partial charge in [0.1, 0.15) is 0 Å². The van der Waals surface area contributed by atoms with E-state index in [9.17, 15) is 9.67 Å². The molecular formula is C20H43O6P. The molecule has 0 unspecified atom stereocenters. The van der Waals surface area contributed by atoms with Gasteiger partial charge in [-0.05, 0) is 56.8 Å². The molecule has 0 saturated heterocycles. The Bertz CT molecular complexity index is 401. The second kappa shape index (κ2) is 14.1. The van der Waals surface area contributed by atoms with Crippen LogP contribution >= 0.6 is 7.82 Å². The van der Waals surface area contributed by atoms with Gasteiger partial charge in [0.05, 0.1) is 5.60 Å². The number of phosphoric acid groups is 1. The van der Waals surface area contributed by atoms with Crippen LogP contribution in [0.25, 0.3) is 0 Å². The summed E-state index contributed by atoms with van der Waals surface area (Å²) in [6.45, 7) is 9.90. The Morgan fingerprint density at radius 3 is 1.70 bits per heavy atom. The number of rotatable bonds is 18. The van der Waals surface area contributed by atoms with Gasteiger partial charge in [0, 0.05) is 19.8 Å². The highest BCUT2D eigenvalue weighted by Crippen LogP contribution is 2.45. The molecule has 0 aromatic heterocycles. The highest BCUT2D eigenvalue weighted by molar-refractivity contribution is 7.46. The predicted octanol–water partition coefficient (Wildman–Crippen LogP) is 5.20. The molecule has 0 aromatic carbocycles. The molecule has 0 bridgehead atoms. The normalized spacial score (nSPS) is 13.3. The monoisotopic (exact) mass is 410 g/mol.